The molecule has 0 aliphatic heterocycles. The Bertz CT molecular complexity index is 3980. The first-order valence-electron chi connectivity index (χ1n) is 21.7. The Morgan fingerprint density at radius 3 is 0.985 bits per heavy atom. The molecule has 4 aromatic heterocycles. The molecule has 8 nitrogen and oxygen atoms in total. The van der Waals surface area contributed by atoms with E-state index in [9.17, 15) is 0 Å². The summed E-state index contributed by atoms with van der Waals surface area (Å²) in [6, 6.07) is 65.8. The SMILES string of the molecule is c1ccc2c(-c3nc4ccc(-c5ccc6nc(-c7ccc8cc(-c9nc%10ccc(-c%11ccc%12nc(-c%13cccc%14ccccc%13%14)oc%12c%11)cc%10o9)ccc8c7)oc6c5)cc4o3)cccc2c1. The Balaban J connectivity index is 0.720. The standard InChI is InChI=1S/C58H32N4O4/c1-3-11-43-33(7-1)9-5-13-45(43)57-61-49-25-21-39(31-53(49)65-57)37-19-23-47-51(29-37)63-55(59-47)41-17-15-36-28-42(18-16-35(36)27-41)56-60-48-24-20-38(30-52(48)64-56)40-22-26-50-54(32-40)66-58(62-50)46-14-6-10-34-8-2-4-12-44(34)46/h1-32H. The Morgan fingerprint density at radius 2 is 0.576 bits per heavy atom. The van der Waals surface area contributed by atoms with E-state index >= 15 is 0 Å². The molecule has 308 valence electrons. The molecular formula is C58H32N4O4. The van der Waals surface area contributed by atoms with Crippen molar-refractivity contribution in [3.8, 4) is 68.1 Å². The van der Waals surface area contributed by atoms with Crippen LogP contribution in [0.4, 0.5) is 0 Å². The lowest BCUT2D eigenvalue weighted by atomic mass is 10.0. The molecule has 0 radical (unpaired) electrons. The number of benzene rings is 10. The highest BCUT2D eigenvalue weighted by Gasteiger charge is 2.17. The average Bonchev–Trinajstić information content (AvgIpc) is 4.19. The predicted molar refractivity (Wildman–Crippen MR) is 262 cm³/mol. The van der Waals surface area contributed by atoms with Crippen LogP contribution in [-0.2, 0) is 0 Å². The summed E-state index contributed by atoms with van der Waals surface area (Å²) in [4.78, 5) is 19.4. The first kappa shape index (κ1) is 36.4. The van der Waals surface area contributed by atoms with Crippen LogP contribution in [0.15, 0.2) is 212 Å². The second kappa shape index (κ2) is 14.2. The zero-order valence-electron chi connectivity index (χ0n) is 34.9. The van der Waals surface area contributed by atoms with E-state index in [2.05, 4.69) is 97.1 Å². The molecule has 0 unspecified atom stereocenters. The van der Waals surface area contributed by atoms with Gasteiger partial charge in [0, 0.05) is 22.3 Å². The van der Waals surface area contributed by atoms with Crippen LogP contribution in [0.3, 0.4) is 0 Å². The van der Waals surface area contributed by atoms with Crippen molar-refractivity contribution in [2.24, 2.45) is 0 Å². The highest BCUT2D eigenvalue weighted by molar-refractivity contribution is 5.98. The van der Waals surface area contributed by atoms with E-state index in [1.54, 1.807) is 0 Å². The van der Waals surface area contributed by atoms with Gasteiger partial charge in [0.1, 0.15) is 22.1 Å². The van der Waals surface area contributed by atoms with Gasteiger partial charge < -0.3 is 17.7 Å². The molecule has 0 amide bonds. The van der Waals surface area contributed by atoms with Crippen LogP contribution in [0.5, 0.6) is 0 Å². The highest BCUT2D eigenvalue weighted by Crippen LogP contribution is 2.37. The van der Waals surface area contributed by atoms with Gasteiger partial charge in [-0.1, -0.05) is 109 Å². The van der Waals surface area contributed by atoms with Gasteiger partial charge in [-0.15, -0.1) is 0 Å². The zero-order valence-corrected chi connectivity index (χ0v) is 34.9. The summed E-state index contributed by atoms with van der Waals surface area (Å²) in [7, 11) is 0. The van der Waals surface area contributed by atoms with Gasteiger partial charge in [0.05, 0.1) is 0 Å². The third-order valence-corrected chi connectivity index (χ3v) is 12.6. The van der Waals surface area contributed by atoms with Gasteiger partial charge in [0.15, 0.2) is 22.3 Å². The molecule has 0 saturated carbocycles. The largest absolute Gasteiger partial charge is 0.436 e. The monoisotopic (exact) mass is 848 g/mol. The van der Waals surface area contributed by atoms with E-state index in [1.807, 2.05) is 97.1 Å². The number of hydrogen-bond acceptors (Lipinski definition) is 8. The molecule has 14 rings (SSSR count). The van der Waals surface area contributed by atoms with E-state index in [0.717, 1.165) is 110 Å². The fourth-order valence-corrected chi connectivity index (χ4v) is 9.23. The van der Waals surface area contributed by atoms with Gasteiger partial charge >= 0.3 is 0 Å². The van der Waals surface area contributed by atoms with Crippen molar-refractivity contribution in [1.82, 2.24) is 19.9 Å². The third kappa shape index (κ3) is 6.00. The van der Waals surface area contributed by atoms with Gasteiger partial charge in [-0.25, -0.2) is 19.9 Å². The topological polar surface area (TPSA) is 104 Å². The van der Waals surface area contributed by atoms with Crippen LogP contribution < -0.4 is 0 Å². The Labute approximate surface area is 375 Å². The smallest absolute Gasteiger partial charge is 0.227 e. The molecule has 0 aliphatic carbocycles. The fraction of sp³-hybridized carbons (Fsp3) is 0. The normalized spacial score (nSPS) is 11.9. The van der Waals surface area contributed by atoms with Crippen molar-refractivity contribution in [3.05, 3.63) is 194 Å². The van der Waals surface area contributed by atoms with E-state index < -0.39 is 0 Å². The lowest BCUT2D eigenvalue weighted by Crippen LogP contribution is -1.82. The molecule has 10 aromatic carbocycles. The molecule has 0 spiro atoms. The minimum atomic E-state index is 0.556. The number of oxazole rings is 4. The van der Waals surface area contributed by atoms with Crippen molar-refractivity contribution in [2.75, 3.05) is 0 Å². The van der Waals surface area contributed by atoms with Crippen LogP contribution in [0.1, 0.15) is 0 Å². The molecule has 0 aliphatic rings. The number of aromatic nitrogens is 4. The molecular weight excluding hydrogens is 817 g/mol. The number of nitrogens with zero attached hydrogens (tertiary/aromatic N) is 4. The minimum Gasteiger partial charge on any atom is -0.436 e. The maximum atomic E-state index is 6.40. The molecule has 8 heteroatoms. The van der Waals surface area contributed by atoms with Gasteiger partial charge in [0.25, 0.3) is 0 Å². The van der Waals surface area contributed by atoms with Crippen LogP contribution in [0.25, 0.3) is 145 Å². The summed E-state index contributed by atoms with van der Waals surface area (Å²) in [5.74, 6) is 2.32. The molecule has 0 atom stereocenters. The average molecular weight is 849 g/mol. The maximum Gasteiger partial charge on any atom is 0.227 e. The summed E-state index contributed by atoms with van der Waals surface area (Å²) >= 11 is 0. The quantitative estimate of drug-likeness (QED) is 0.163. The summed E-state index contributed by atoms with van der Waals surface area (Å²) in [6.45, 7) is 0. The van der Waals surface area contributed by atoms with Gasteiger partial charge in [-0.05, 0) is 140 Å². The second-order valence-corrected chi connectivity index (χ2v) is 16.6. The predicted octanol–water partition coefficient (Wildman–Crippen LogP) is 15.7. The second-order valence-electron chi connectivity index (χ2n) is 16.6. The minimum absolute atomic E-state index is 0.556. The summed E-state index contributed by atoms with van der Waals surface area (Å²) in [5, 5.41) is 6.61. The number of hydrogen-bond donors (Lipinski definition) is 0. The van der Waals surface area contributed by atoms with Crippen molar-refractivity contribution in [2.45, 2.75) is 0 Å². The van der Waals surface area contributed by atoms with Crippen LogP contribution in [0, 0.1) is 0 Å². The third-order valence-electron chi connectivity index (χ3n) is 12.6. The first-order valence-corrected chi connectivity index (χ1v) is 21.7. The van der Waals surface area contributed by atoms with E-state index in [1.165, 1.54) is 0 Å². The molecule has 14 aromatic rings. The van der Waals surface area contributed by atoms with E-state index in [4.69, 9.17) is 37.6 Å². The number of fused-ring (bicyclic) bond motifs is 7. The summed E-state index contributed by atoms with van der Waals surface area (Å²) < 4.78 is 25.5. The van der Waals surface area contributed by atoms with Crippen molar-refractivity contribution >= 4 is 76.7 Å². The Hall–Kier alpha value is -9.14. The molecule has 0 N–H and O–H groups in total. The van der Waals surface area contributed by atoms with E-state index in [-0.39, 0.29) is 0 Å². The lowest BCUT2D eigenvalue weighted by Gasteiger charge is -2.03. The fourth-order valence-electron chi connectivity index (χ4n) is 9.23. The molecule has 0 fully saturated rings. The Kier molecular flexibility index (Phi) is 7.81. The van der Waals surface area contributed by atoms with Gasteiger partial charge in [-0.2, -0.15) is 0 Å². The number of rotatable bonds is 6. The van der Waals surface area contributed by atoms with Crippen molar-refractivity contribution in [1.29, 1.82) is 0 Å². The molecule has 0 bridgehead atoms. The van der Waals surface area contributed by atoms with Gasteiger partial charge in [-0.3, -0.25) is 0 Å². The van der Waals surface area contributed by atoms with Gasteiger partial charge in [0.2, 0.25) is 23.6 Å². The van der Waals surface area contributed by atoms with E-state index in [0.29, 0.717) is 34.7 Å². The maximum absolute atomic E-state index is 6.40. The molecule has 4 heterocycles. The molecule has 66 heavy (non-hydrogen) atoms. The molecule has 0 saturated heterocycles. The first-order chi connectivity index (χ1) is 32.6. The van der Waals surface area contributed by atoms with Crippen LogP contribution >= 0.6 is 0 Å². The van der Waals surface area contributed by atoms with Crippen molar-refractivity contribution in [3.63, 3.8) is 0 Å². The lowest BCUT2D eigenvalue weighted by molar-refractivity contribution is 0.619. The summed E-state index contributed by atoms with van der Waals surface area (Å²) in [6.07, 6.45) is 0. The van der Waals surface area contributed by atoms with Crippen LogP contribution in [-0.4, -0.2) is 19.9 Å². The highest BCUT2D eigenvalue weighted by atomic mass is 16.4. The summed E-state index contributed by atoms with van der Waals surface area (Å²) in [5.41, 5.74) is 13.8. The zero-order chi connectivity index (χ0) is 43.3. The van der Waals surface area contributed by atoms with Crippen LogP contribution in [0.2, 0.25) is 0 Å². The Morgan fingerprint density at radius 1 is 0.242 bits per heavy atom. The van der Waals surface area contributed by atoms with Crippen molar-refractivity contribution < 1.29 is 17.7 Å².